The molecule has 8 heteroatoms. The van der Waals surface area contributed by atoms with Crippen LogP contribution in [-0.4, -0.2) is 46.3 Å². The summed E-state index contributed by atoms with van der Waals surface area (Å²) in [5.74, 6) is -0.311. The Hall–Kier alpha value is -2.38. The molecule has 7 nitrogen and oxygen atoms in total. The molecule has 1 N–H and O–H groups in total. The molecule has 0 aromatic carbocycles. The molecule has 1 aliphatic rings. The lowest BCUT2D eigenvalue weighted by Crippen LogP contribution is -2.39. The van der Waals surface area contributed by atoms with E-state index in [1.807, 2.05) is 40.7 Å². The van der Waals surface area contributed by atoms with Crippen molar-refractivity contribution in [2.24, 2.45) is 11.3 Å². The Morgan fingerprint density at radius 3 is 2.32 bits per heavy atom. The van der Waals surface area contributed by atoms with Crippen LogP contribution in [0.1, 0.15) is 84.4 Å². The lowest BCUT2D eigenvalue weighted by Gasteiger charge is -2.41. The molecule has 0 unspecified atom stereocenters. The fourth-order valence-corrected chi connectivity index (χ4v) is 4.89. The van der Waals surface area contributed by atoms with Crippen LogP contribution in [0.25, 0.3) is 11.1 Å². The van der Waals surface area contributed by atoms with Gasteiger partial charge in [-0.1, -0.05) is 39.3 Å². The SMILES string of the molecule is Cc1nc(C)c([C@H](OC(C)(C)C)C(=O)O)c(N2CCC(C)(C)CC2)c1-c1cnc(OCC(C)C)c(Cl)c1. The molecule has 1 saturated heterocycles. The molecule has 0 radical (unpaired) electrons. The predicted molar refractivity (Wildman–Crippen MR) is 149 cm³/mol. The molecule has 1 atom stereocenters. The molecule has 2 aromatic rings. The summed E-state index contributed by atoms with van der Waals surface area (Å²) in [6.45, 7) is 20.2. The number of pyridine rings is 2. The van der Waals surface area contributed by atoms with Gasteiger partial charge in [0.2, 0.25) is 5.88 Å². The number of piperidine rings is 1. The van der Waals surface area contributed by atoms with Crippen LogP contribution in [-0.2, 0) is 9.53 Å². The van der Waals surface area contributed by atoms with Crippen LogP contribution in [0, 0.1) is 25.2 Å². The molecule has 1 aliphatic heterocycles. The van der Waals surface area contributed by atoms with Crippen molar-refractivity contribution in [2.75, 3.05) is 24.6 Å². The van der Waals surface area contributed by atoms with Gasteiger partial charge in [0.05, 0.1) is 17.9 Å². The lowest BCUT2D eigenvalue weighted by atomic mass is 9.82. The zero-order valence-corrected chi connectivity index (χ0v) is 24.5. The van der Waals surface area contributed by atoms with Gasteiger partial charge in [0.15, 0.2) is 6.10 Å². The van der Waals surface area contributed by atoms with Crippen LogP contribution in [0.2, 0.25) is 5.02 Å². The summed E-state index contributed by atoms with van der Waals surface area (Å²) >= 11 is 6.62. The van der Waals surface area contributed by atoms with Crippen molar-refractivity contribution >= 4 is 23.3 Å². The van der Waals surface area contributed by atoms with Gasteiger partial charge in [-0.3, -0.25) is 4.98 Å². The van der Waals surface area contributed by atoms with Crippen molar-refractivity contribution in [3.63, 3.8) is 0 Å². The number of hydrogen-bond acceptors (Lipinski definition) is 6. The maximum absolute atomic E-state index is 12.6. The molecule has 0 amide bonds. The molecule has 0 spiro atoms. The molecule has 2 aromatic heterocycles. The Morgan fingerprint density at radius 2 is 1.81 bits per heavy atom. The van der Waals surface area contributed by atoms with E-state index in [0.717, 1.165) is 48.4 Å². The number of aryl methyl sites for hydroxylation is 2. The summed E-state index contributed by atoms with van der Waals surface area (Å²) in [4.78, 5) is 24.2. The largest absolute Gasteiger partial charge is 0.479 e. The number of halogens is 1. The van der Waals surface area contributed by atoms with Crippen LogP contribution in [0.3, 0.4) is 0 Å². The van der Waals surface area contributed by atoms with Crippen LogP contribution < -0.4 is 9.64 Å². The van der Waals surface area contributed by atoms with Crippen molar-refractivity contribution < 1.29 is 19.4 Å². The van der Waals surface area contributed by atoms with Gasteiger partial charge in [-0.05, 0) is 64.9 Å². The molecule has 37 heavy (non-hydrogen) atoms. The van der Waals surface area contributed by atoms with Crippen LogP contribution in [0.4, 0.5) is 5.69 Å². The smallest absolute Gasteiger partial charge is 0.337 e. The van der Waals surface area contributed by atoms with Gasteiger partial charge in [0.1, 0.15) is 5.02 Å². The second-order valence-electron chi connectivity index (χ2n) is 12.2. The van der Waals surface area contributed by atoms with Crippen molar-refractivity contribution in [1.29, 1.82) is 0 Å². The third-order valence-corrected chi connectivity index (χ3v) is 6.89. The van der Waals surface area contributed by atoms with Gasteiger partial charge in [-0.25, -0.2) is 9.78 Å². The molecule has 1 fully saturated rings. The first-order chi connectivity index (χ1) is 17.1. The summed E-state index contributed by atoms with van der Waals surface area (Å²) in [6, 6.07) is 1.84. The van der Waals surface area contributed by atoms with Crippen molar-refractivity contribution in [2.45, 2.75) is 86.9 Å². The summed E-state index contributed by atoms with van der Waals surface area (Å²) in [5.41, 5.74) is 4.01. The number of ether oxygens (including phenoxy) is 2. The monoisotopic (exact) mass is 531 g/mol. The van der Waals surface area contributed by atoms with E-state index in [2.05, 4.69) is 37.6 Å². The van der Waals surface area contributed by atoms with Gasteiger partial charge in [0.25, 0.3) is 0 Å². The zero-order valence-electron chi connectivity index (χ0n) is 23.7. The maximum atomic E-state index is 12.6. The second-order valence-corrected chi connectivity index (χ2v) is 12.6. The number of rotatable bonds is 8. The van der Waals surface area contributed by atoms with E-state index in [4.69, 9.17) is 26.1 Å². The number of carboxylic acid groups (broad SMARTS) is 1. The van der Waals surface area contributed by atoms with Crippen LogP contribution in [0.5, 0.6) is 5.88 Å². The molecule has 0 saturated carbocycles. The van der Waals surface area contributed by atoms with Crippen LogP contribution >= 0.6 is 11.6 Å². The zero-order chi connectivity index (χ0) is 27.7. The maximum Gasteiger partial charge on any atom is 0.337 e. The Kier molecular flexibility index (Phi) is 8.80. The number of carbonyl (C=O) groups is 1. The Labute approximate surface area is 226 Å². The Morgan fingerprint density at radius 1 is 1.19 bits per heavy atom. The van der Waals surface area contributed by atoms with E-state index >= 15 is 0 Å². The highest BCUT2D eigenvalue weighted by atomic mass is 35.5. The van der Waals surface area contributed by atoms with Gasteiger partial charge in [-0.15, -0.1) is 0 Å². The molecular weight excluding hydrogens is 490 g/mol. The lowest BCUT2D eigenvalue weighted by molar-refractivity contribution is -0.160. The Balaban J connectivity index is 2.25. The number of anilines is 1. The van der Waals surface area contributed by atoms with E-state index in [1.54, 1.807) is 6.20 Å². The van der Waals surface area contributed by atoms with Gasteiger partial charge >= 0.3 is 5.97 Å². The van der Waals surface area contributed by atoms with E-state index in [9.17, 15) is 9.90 Å². The fourth-order valence-electron chi connectivity index (χ4n) is 4.67. The summed E-state index contributed by atoms with van der Waals surface area (Å²) in [7, 11) is 0. The van der Waals surface area contributed by atoms with Crippen molar-refractivity contribution in [1.82, 2.24) is 9.97 Å². The van der Waals surface area contributed by atoms with Crippen LogP contribution in [0.15, 0.2) is 12.3 Å². The number of aromatic nitrogens is 2. The minimum absolute atomic E-state index is 0.225. The number of aliphatic carboxylic acids is 1. The summed E-state index contributed by atoms with van der Waals surface area (Å²) in [5, 5.41) is 10.7. The Bertz CT molecular complexity index is 1130. The van der Waals surface area contributed by atoms with Crippen molar-refractivity contribution in [3.8, 4) is 17.0 Å². The normalized spacial score (nSPS) is 16.7. The number of nitrogens with zero attached hydrogens (tertiary/aromatic N) is 3. The van der Waals surface area contributed by atoms with Gasteiger partial charge in [-0.2, -0.15) is 0 Å². The standard InChI is InChI=1S/C29H42ClN3O4/c1-17(2)16-36-26-21(30)14-20(15-31-26)22-18(3)32-19(4)23(25(27(34)35)37-28(5,6)7)24(22)33-12-10-29(8,9)11-13-33/h14-15,17,25H,10-13,16H2,1-9H3,(H,34,35)/t25-/m0/s1. The number of hydrogen-bond donors (Lipinski definition) is 1. The first kappa shape index (κ1) is 29.2. The third kappa shape index (κ3) is 7.14. The average Bonchev–Trinajstić information content (AvgIpc) is 2.76. The first-order valence-corrected chi connectivity index (χ1v) is 13.4. The molecule has 3 heterocycles. The average molecular weight is 532 g/mol. The minimum Gasteiger partial charge on any atom is -0.479 e. The van der Waals surface area contributed by atoms with Gasteiger partial charge < -0.3 is 19.5 Å². The molecule has 0 bridgehead atoms. The summed E-state index contributed by atoms with van der Waals surface area (Å²) < 4.78 is 11.9. The second kappa shape index (κ2) is 11.2. The fraction of sp³-hybridized carbons (Fsp3) is 0.621. The predicted octanol–water partition coefficient (Wildman–Crippen LogP) is 7.02. The molecule has 0 aliphatic carbocycles. The number of carboxylic acids is 1. The quantitative estimate of drug-likeness (QED) is 0.392. The highest BCUT2D eigenvalue weighted by molar-refractivity contribution is 6.32. The topological polar surface area (TPSA) is 84.8 Å². The summed E-state index contributed by atoms with van der Waals surface area (Å²) in [6.07, 6.45) is 2.55. The molecule has 3 rings (SSSR count). The van der Waals surface area contributed by atoms with Gasteiger partial charge in [0, 0.05) is 47.4 Å². The molecular formula is C29H42ClN3O4. The van der Waals surface area contributed by atoms with E-state index in [1.165, 1.54) is 0 Å². The van der Waals surface area contributed by atoms with Crippen molar-refractivity contribution in [3.05, 3.63) is 34.2 Å². The van der Waals surface area contributed by atoms with E-state index < -0.39 is 17.7 Å². The highest BCUT2D eigenvalue weighted by Gasteiger charge is 2.36. The third-order valence-electron chi connectivity index (χ3n) is 6.62. The highest BCUT2D eigenvalue weighted by Crippen LogP contribution is 2.45. The molecule has 204 valence electrons. The van der Waals surface area contributed by atoms with E-state index in [0.29, 0.717) is 34.7 Å². The van der Waals surface area contributed by atoms with E-state index in [-0.39, 0.29) is 5.41 Å². The first-order valence-electron chi connectivity index (χ1n) is 13.0. The minimum atomic E-state index is -1.17.